The van der Waals surface area contributed by atoms with Gasteiger partial charge in [0, 0.05) is 10.2 Å². The predicted molar refractivity (Wildman–Crippen MR) is 91.1 cm³/mol. The minimum Gasteiger partial charge on any atom is -0.495 e. The van der Waals surface area contributed by atoms with Gasteiger partial charge in [0.15, 0.2) is 5.96 Å². The van der Waals surface area contributed by atoms with Crippen LogP contribution in [-0.4, -0.2) is 13.1 Å². The first-order valence-electron chi connectivity index (χ1n) is 6.23. The highest BCUT2D eigenvalue weighted by Gasteiger charge is 2.02. The van der Waals surface area contributed by atoms with Crippen LogP contribution in [0.25, 0.3) is 0 Å². The number of methoxy groups -OCH3 is 1. The molecule has 2 rings (SSSR count). The van der Waals surface area contributed by atoms with Gasteiger partial charge in [0.25, 0.3) is 0 Å². The number of hydrogen-bond donors (Lipinski definition) is 2. The van der Waals surface area contributed by atoms with Gasteiger partial charge in [0.2, 0.25) is 0 Å². The molecule has 0 saturated carbocycles. The maximum absolute atomic E-state index is 6.05. The summed E-state index contributed by atoms with van der Waals surface area (Å²) in [5.74, 6) is 0.947. The van der Waals surface area contributed by atoms with Gasteiger partial charge in [-0.2, -0.15) is 0 Å². The van der Waals surface area contributed by atoms with E-state index >= 15 is 0 Å². The molecule has 0 saturated heterocycles. The number of nitrogens with zero attached hydrogens (tertiary/aromatic N) is 1. The topological polar surface area (TPSA) is 59.6 Å². The molecule has 0 bridgehead atoms. The number of rotatable bonds is 4. The number of anilines is 1. The van der Waals surface area contributed by atoms with Gasteiger partial charge in [-0.1, -0.05) is 39.7 Å². The molecule has 0 aliphatic rings. The minimum atomic E-state index is 0.330. The van der Waals surface area contributed by atoms with Gasteiger partial charge in [0.1, 0.15) is 5.75 Å². The van der Waals surface area contributed by atoms with Crippen LogP contribution >= 0.6 is 27.5 Å². The third-order valence-corrected chi connectivity index (χ3v) is 3.53. The molecular weight excluding hydrogens is 354 g/mol. The first kappa shape index (κ1) is 15.7. The van der Waals surface area contributed by atoms with E-state index in [2.05, 4.69) is 26.2 Å². The molecule has 2 aromatic rings. The Kier molecular flexibility index (Phi) is 5.47. The summed E-state index contributed by atoms with van der Waals surface area (Å²) >= 11 is 9.48. The lowest BCUT2D eigenvalue weighted by molar-refractivity contribution is 0.415. The fraction of sp³-hybridized carbons (Fsp3) is 0.133. The Morgan fingerprint density at radius 1 is 1.33 bits per heavy atom. The molecule has 0 fully saturated rings. The van der Waals surface area contributed by atoms with Crippen molar-refractivity contribution in [1.82, 2.24) is 0 Å². The smallest absolute Gasteiger partial charge is 0.193 e. The highest BCUT2D eigenvalue weighted by molar-refractivity contribution is 9.10. The Balaban J connectivity index is 2.02. The molecule has 2 aromatic carbocycles. The summed E-state index contributed by atoms with van der Waals surface area (Å²) in [5.41, 5.74) is 7.70. The molecule has 21 heavy (non-hydrogen) atoms. The summed E-state index contributed by atoms with van der Waals surface area (Å²) < 4.78 is 6.11. The molecule has 3 N–H and O–H groups in total. The van der Waals surface area contributed by atoms with E-state index in [1.54, 1.807) is 19.2 Å². The summed E-state index contributed by atoms with van der Waals surface area (Å²) in [5, 5.41) is 3.51. The Hall–Kier alpha value is -1.72. The summed E-state index contributed by atoms with van der Waals surface area (Å²) in [4.78, 5) is 4.29. The van der Waals surface area contributed by atoms with E-state index in [9.17, 15) is 0 Å². The van der Waals surface area contributed by atoms with Gasteiger partial charge in [-0.3, -0.25) is 0 Å². The molecule has 0 atom stereocenters. The number of nitrogens with two attached hydrogens (primary N) is 1. The van der Waals surface area contributed by atoms with E-state index in [4.69, 9.17) is 22.1 Å². The molecule has 0 spiro atoms. The standard InChI is InChI=1S/C15H15BrClN3O/c1-21-14-6-5-12(8-13(14)17)20-15(18)19-9-10-3-2-4-11(16)7-10/h2-8H,9H2,1H3,(H3,18,19,20). The average molecular weight is 369 g/mol. The quantitative estimate of drug-likeness (QED) is 0.632. The van der Waals surface area contributed by atoms with Gasteiger partial charge < -0.3 is 15.8 Å². The molecule has 0 aliphatic carbocycles. The van der Waals surface area contributed by atoms with E-state index in [1.807, 2.05) is 30.3 Å². The van der Waals surface area contributed by atoms with Gasteiger partial charge in [-0.25, -0.2) is 4.99 Å². The molecular formula is C15H15BrClN3O. The third-order valence-electron chi connectivity index (χ3n) is 2.75. The average Bonchev–Trinajstić information content (AvgIpc) is 2.45. The summed E-state index contributed by atoms with van der Waals surface area (Å²) in [6.45, 7) is 0.502. The van der Waals surface area contributed by atoms with Gasteiger partial charge >= 0.3 is 0 Å². The molecule has 0 aliphatic heterocycles. The number of ether oxygens (including phenoxy) is 1. The normalized spacial score (nSPS) is 11.3. The predicted octanol–water partition coefficient (Wildman–Crippen LogP) is 4.04. The number of nitrogens with one attached hydrogen (secondary N) is 1. The van der Waals surface area contributed by atoms with Crippen LogP contribution in [0, 0.1) is 0 Å². The summed E-state index contributed by atoms with van der Waals surface area (Å²) in [6.07, 6.45) is 0. The largest absolute Gasteiger partial charge is 0.495 e. The fourth-order valence-electron chi connectivity index (χ4n) is 1.74. The van der Waals surface area contributed by atoms with E-state index < -0.39 is 0 Å². The van der Waals surface area contributed by atoms with Gasteiger partial charge in [-0.15, -0.1) is 0 Å². The van der Waals surface area contributed by atoms with Crippen LogP contribution in [0.4, 0.5) is 5.69 Å². The van der Waals surface area contributed by atoms with Crippen molar-refractivity contribution in [3.8, 4) is 5.75 Å². The molecule has 0 amide bonds. The lowest BCUT2D eigenvalue weighted by atomic mass is 10.2. The highest BCUT2D eigenvalue weighted by atomic mass is 79.9. The Morgan fingerprint density at radius 3 is 2.81 bits per heavy atom. The van der Waals surface area contributed by atoms with Crippen molar-refractivity contribution in [1.29, 1.82) is 0 Å². The van der Waals surface area contributed by atoms with Crippen molar-refractivity contribution >= 4 is 39.2 Å². The number of aliphatic imine (C=N–C) groups is 1. The maximum atomic E-state index is 6.05. The lowest BCUT2D eigenvalue weighted by Gasteiger charge is -2.08. The molecule has 6 heteroatoms. The van der Waals surface area contributed by atoms with Crippen molar-refractivity contribution < 1.29 is 4.74 Å². The van der Waals surface area contributed by atoms with Crippen molar-refractivity contribution in [2.45, 2.75) is 6.54 Å². The van der Waals surface area contributed by atoms with Crippen molar-refractivity contribution in [3.63, 3.8) is 0 Å². The number of halogens is 2. The third kappa shape index (κ3) is 4.65. The van der Waals surface area contributed by atoms with Crippen molar-refractivity contribution in [3.05, 3.63) is 57.5 Å². The van der Waals surface area contributed by atoms with E-state index in [-0.39, 0.29) is 0 Å². The molecule has 4 nitrogen and oxygen atoms in total. The zero-order valence-corrected chi connectivity index (χ0v) is 13.8. The first-order valence-corrected chi connectivity index (χ1v) is 7.40. The maximum Gasteiger partial charge on any atom is 0.193 e. The van der Waals surface area contributed by atoms with E-state index in [0.717, 1.165) is 15.7 Å². The second kappa shape index (κ2) is 7.33. The molecule has 0 heterocycles. The van der Waals surface area contributed by atoms with Crippen LogP contribution in [0.3, 0.4) is 0 Å². The number of benzene rings is 2. The molecule has 110 valence electrons. The molecule has 0 radical (unpaired) electrons. The summed E-state index contributed by atoms with van der Waals surface area (Å²) in [7, 11) is 1.57. The highest BCUT2D eigenvalue weighted by Crippen LogP contribution is 2.27. The lowest BCUT2D eigenvalue weighted by Crippen LogP contribution is -2.22. The monoisotopic (exact) mass is 367 g/mol. The van der Waals surface area contributed by atoms with Crippen LogP contribution < -0.4 is 15.8 Å². The molecule has 0 unspecified atom stereocenters. The minimum absolute atomic E-state index is 0.330. The second-order valence-corrected chi connectivity index (χ2v) is 5.63. The van der Waals surface area contributed by atoms with E-state index in [0.29, 0.717) is 23.3 Å². The zero-order valence-electron chi connectivity index (χ0n) is 11.4. The number of guanidine groups is 1. The van der Waals surface area contributed by atoms with Crippen LogP contribution in [0.15, 0.2) is 51.9 Å². The first-order chi connectivity index (χ1) is 10.1. The van der Waals surface area contributed by atoms with E-state index in [1.165, 1.54) is 0 Å². The van der Waals surface area contributed by atoms with Crippen LogP contribution in [-0.2, 0) is 6.54 Å². The number of hydrogen-bond acceptors (Lipinski definition) is 2. The van der Waals surface area contributed by atoms with Crippen molar-refractivity contribution in [2.75, 3.05) is 12.4 Å². The van der Waals surface area contributed by atoms with Gasteiger partial charge in [0.05, 0.1) is 18.7 Å². The Bertz CT molecular complexity index is 661. The van der Waals surface area contributed by atoms with Crippen LogP contribution in [0.1, 0.15) is 5.56 Å². The Labute approximate surface area is 137 Å². The zero-order chi connectivity index (χ0) is 15.2. The van der Waals surface area contributed by atoms with Gasteiger partial charge in [-0.05, 0) is 35.9 Å². The Morgan fingerprint density at radius 2 is 2.14 bits per heavy atom. The van der Waals surface area contributed by atoms with Crippen LogP contribution in [0.2, 0.25) is 5.02 Å². The summed E-state index contributed by atoms with van der Waals surface area (Å²) in [6, 6.07) is 13.3. The second-order valence-electron chi connectivity index (χ2n) is 4.31. The van der Waals surface area contributed by atoms with Crippen molar-refractivity contribution in [2.24, 2.45) is 10.7 Å². The fourth-order valence-corrected chi connectivity index (χ4v) is 2.45. The van der Waals surface area contributed by atoms with Crippen LogP contribution in [0.5, 0.6) is 5.75 Å². The SMILES string of the molecule is COc1ccc(NC(N)=NCc2cccc(Br)c2)cc1Cl. The molecule has 0 aromatic heterocycles.